The lowest BCUT2D eigenvalue weighted by atomic mass is 9.43. The second-order valence-corrected chi connectivity index (χ2v) is 9.77. The van der Waals surface area contributed by atoms with E-state index in [4.69, 9.17) is 4.65 Å². The summed E-state index contributed by atoms with van der Waals surface area (Å²) in [6.45, 7) is 3.69. The van der Waals surface area contributed by atoms with Gasteiger partial charge in [0.25, 0.3) is 0 Å². The third-order valence-corrected chi connectivity index (χ3v) is 7.31. The van der Waals surface area contributed by atoms with Gasteiger partial charge < -0.3 is 4.65 Å². The SMILES string of the molecule is CCCCCC/C=C(\B(OCCCCBr)C1CCCCC1)C1CCCCC1. The highest BCUT2D eigenvalue weighted by atomic mass is 79.9. The van der Waals surface area contributed by atoms with E-state index in [2.05, 4.69) is 28.9 Å². The van der Waals surface area contributed by atoms with E-state index >= 15 is 0 Å². The molecule has 0 spiro atoms. The number of allylic oxidation sites excluding steroid dienone is 2. The third-order valence-electron chi connectivity index (χ3n) is 6.75. The lowest BCUT2D eigenvalue weighted by Gasteiger charge is -2.34. The van der Waals surface area contributed by atoms with Crippen molar-refractivity contribution in [2.45, 2.75) is 122 Å². The Bertz CT molecular complexity index is 386. The summed E-state index contributed by atoms with van der Waals surface area (Å²) in [4.78, 5) is 0. The molecule has 3 heteroatoms. The van der Waals surface area contributed by atoms with Crippen molar-refractivity contribution in [1.82, 2.24) is 0 Å². The fourth-order valence-corrected chi connectivity index (χ4v) is 5.54. The average molecular weight is 439 g/mol. The molecule has 2 aliphatic carbocycles. The maximum Gasteiger partial charge on any atom is 0.325 e. The molecule has 0 N–H and O–H groups in total. The maximum atomic E-state index is 6.69. The molecule has 0 bridgehead atoms. The second-order valence-electron chi connectivity index (χ2n) is 8.97. The molecule has 2 rings (SSSR count). The van der Waals surface area contributed by atoms with Gasteiger partial charge in [0, 0.05) is 11.9 Å². The van der Waals surface area contributed by atoms with Gasteiger partial charge in [0.15, 0.2) is 0 Å². The average Bonchev–Trinajstić information content (AvgIpc) is 2.73. The van der Waals surface area contributed by atoms with Crippen LogP contribution in [0, 0.1) is 5.92 Å². The van der Waals surface area contributed by atoms with Crippen molar-refractivity contribution in [3.05, 3.63) is 11.5 Å². The second kappa shape index (κ2) is 15.1. The lowest BCUT2D eigenvalue weighted by Crippen LogP contribution is -2.34. The van der Waals surface area contributed by atoms with Crippen LogP contribution in [0.1, 0.15) is 116 Å². The summed E-state index contributed by atoms with van der Waals surface area (Å²) in [5.74, 6) is 1.60. The predicted octanol–water partition coefficient (Wildman–Crippen LogP) is 8.52. The molecule has 0 aromatic heterocycles. The van der Waals surface area contributed by atoms with Crippen molar-refractivity contribution in [3.63, 3.8) is 0 Å². The topological polar surface area (TPSA) is 9.23 Å². The van der Waals surface area contributed by atoms with Crippen LogP contribution in [0.2, 0.25) is 5.82 Å². The van der Waals surface area contributed by atoms with Crippen molar-refractivity contribution in [2.75, 3.05) is 11.9 Å². The molecule has 0 aromatic rings. The monoisotopic (exact) mass is 438 g/mol. The number of halogens is 1. The molecule has 2 fully saturated rings. The van der Waals surface area contributed by atoms with Gasteiger partial charge in [0.05, 0.1) is 0 Å². The van der Waals surface area contributed by atoms with Crippen molar-refractivity contribution in [2.24, 2.45) is 5.92 Å². The van der Waals surface area contributed by atoms with Crippen LogP contribution in [-0.4, -0.2) is 18.9 Å². The fourth-order valence-electron chi connectivity index (χ4n) is 5.14. The van der Waals surface area contributed by atoms with Gasteiger partial charge in [-0.15, -0.1) is 0 Å². The third kappa shape index (κ3) is 9.07. The van der Waals surface area contributed by atoms with Crippen LogP contribution in [-0.2, 0) is 4.65 Å². The Balaban J connectivity index is 2.06. The molecule has 0 aliphatic heterocycles. The Hall–Kier alpha value is 0.245. The van der Waals surface area contributed by atoms with E-state index in [1.165, 1.54) is 109 Å². The Morgan fingerprint density at radius 3 is 2.26 bits per heavy atom. The lowest BCUT2D eigenvalue weighted by molar-refractivity contribution is 0.291. The van der Waals surface area contributed by atoms with Crippen LogP contribution in [0.4, 0.5) is 0 Å². The van der Waals surface area contributed by atoms with Crippen LogP contribution >= 0.6 is 15.9 Å². The van der Waals surface area contributed by atoms with E-state index in [0.717, 1.165) is 23.7 Å². The number of hydrogen-bond acceptors (Lipinski definition) is 1. The first-order chi connectivity index (χ1) is 13.4. The highest BCUT2D eigenvalue weighted by Crippen LogP contribution is 2.40. The van der Waals surface area contributed by atoms with Gasteiger partial charge in [-0.2, -0.15) is 0 Å². The first-order valence-electron chi connectivity index (χ1n) is 12.2. The maximum absolute atomic E-state index is 6.69. The molecule has 27 heavy (non-hydrogen) atoms. The zero-order valence-corrected chi connectivity index (χ0v) is 19.6. The molecule has 1 nitrogen and oxygen atoms in total. The van der Waals surface area contributed by atoms with Gasteiger partial charge in [0.2, 0.25) is 0 Å². The van der Waals surface area contributed by atoms with Gasteiger partial charge in [-0.1, -0.05) is 105 Å². The van der Waals surface area contributed by atoms with Crippen LogP contribution in [0.5, 0.6) is 0 Å². The molecular formula is C24H44BBrO. The quantitative estimate of drug-likeness (QED) is 0.159. The van der Waals surface area contributed by atoms with E-state index in [-0.39, 0.29) is 0 Å². The number of rotatable bonds is 13. The van der Waals surface area contributed by atoms with E-state index in [1.807, 2.05) is 0 Å². The Labute approximate surface area is 178 Å². The smallest absolute Gasteiger partial charge is 0.325 e. The minimum Gasteiger partial charge on any atom is -0.431 e. The van der Waals surface area contributed by atoms with Gasteiger partial charge in [-0.25, -0.2) is 0 Å². The van der Waals surface area contributed by atoms with Crippen molar-refractivity contribution < 1.29 is 4.65 Å². The Morgan fingerprint density at radius 2 is 1.59 bits per heavy atom. The summed E-state index contributed by atoms with van der Waals surface area (Å²) in [7, 11) is 0. The normalized spacial score (nSPS) is 20.1. The van der Waals surface area contributed by atoms with Gasteiger partial charge in [-0.05, 0) is 50.3 Å². The first kappa shape index (κ1) is 23.5. The molecule has 0 saturated heterocycles. The van der Waals surface area contributed by atoms with Crippen molar-refractivity contribution in [1.29, 1.82) is 0 Å². The molecule has 0 unspecified atom stereocenters. The zero-order valence-electron chi connectivity index (χ0n) is 18.0. The van der Waals surface area contributed by atoms with Gasteiger partial charge in [-0.3, -0.25) is 0 Å². The summed E-state index contributed by atoms with van der Waals surface area (Å²) in [5, 5.41) is 1.10. The minimum atomic E-state index is 0.426. The van der Waals surface area contributed by atoms with Crippen molar-refractivity contribution in [3.8, 4) is 0 Å². The largest absolute Gasteiger partial charge is 0.431 e. The zero-order chi connectivity index (χ0) is 19.2. The van der Waals surface area contributed by atoms with Gasteiger partial charge in [0.1, 0.15) is 0 Å². The summed E-state index contributed by atoms with van der Waals surface area (Å²) in [6.07, 6.45) is 26.0. The van der Waals surface area contributed by atoms with E-state index in [1.54, 1.807) is 5.47 Å². The summed E-state index contributed by atoms with van der Waals surface area (Å²) in [6, 6.07) is 0. The molecule has 0 amide bonds. The number of alkyl halides is 1. The van der Waals surface area contributed by atoms with Gasteiger partial charge >= 0.3 is 6.92 Å². The molecule has 156 valence electrons. The summed E-state index contributed by atoms with van der Waals surface area (Å²) >= 11 is 3.57. The van der Waals surface area contributed by atoms with E-state index < -0.39 is 0 Å². The Kier molecular flexibility index (Phi) is 13.2. The van der Waals surface area contributed by atoms with Crippen LogP contribution in [0.25, 0.3) is 0 Å². The van der Waals surface area contributed by atoms with Crippen LogP contribution in [0.15, 0.2) is 11.5 Å². The van der Waals surface area contributed by atoms with E-state index in [0.29, 0.717) is 6.92 Å². The molecule has 0 aromatic carbocycles. The first-order valence-corrected chi connectivity index (χ1v) is 13.4. The predicted molar refractivity (Wildman–Crippen MR) is 125 cm³/mol. The van der Waals surface area contributed by atoms with Crippen LogP contribution < -0.4 is 0 Å². The Morgan fingerprint density at radius 1 is 0.889 bits per heavy atom. The highest BCUT2D eigenvalue weighted by molar-refractivity contribution is 9.09. The fraction of sp³-hybridized carbons (Fsp3) is 0.917. The molecule has 0 heterocycles. The highest BCUT2D eigenvalue weighted by Gasteiger charge is 2.35. The van der Waals surface area contributed by atoms with Crippen LogP contribution in [0.3, 0.4) is 0 Å². The number of hydrogen-bond donors (Lipinski definition) is 0. The summed E-state index contributed by atoms with van der Waals surface area (Å²) in [5.41, 5.74) is 1.73. The van der Waals surface area contributed by atoms with Crippen molar-refractivity contribution >= 4 is 22.8 Å². The minimum absolute atomic E-state index is 0.426. The molecule has 2 aliphatic rings. The summed E-state index contributed by atoms with van der Waals surface area (Å²) < 4.78 is 6.69. The standard InChI is InChI=1S/C24H44BBrO/c1-2-3-4-5-12-19-24(22-15-8-6-9-16-22)25(27-21-14-13-20-26)23-17-10-7-11-18-23/h19,22-23H,2-18,20-21H2,1H3/b24-19-. The number of unbranched alkanes of at least 4 members (excludes halogenated alkanes) is 5. The van der Waals surface area contributed by atoms with E-state index in [9.17, 15) is 0 Å². The molecular weight excluding hydrogens is 395 g/mol. The molecule has 0 atom stereocenters. The molecule has 0 radical (unpaired) electrons. The molecule has 2 saturated carbocycles.